The van der Waals surface area contributed by atoms with E-state index in [9.17, 15) is 0 Å². The second kappa shape index (κ2) is 3.03. The van der Waals surface area contributed by atoms with Crippen LogP contribution in [0.3, 0.4) is 0 Å². The summed E-state index contributed by atoms with van der Waals surface area (Å²) in [6, 6.07) is 2.22. The molecule has 3 atom stereocenters. The Morgan fingerprint density at radius 1 is 1.40 bits per heavy atom. The maximum atomic E-state index is 9.07. The smallest absolute Gasteiger partial charge is 0.119 e. The molecule has 1 heterocycles. The molecule has 0 spiro atoms. The fraction of sp³-hybridized carbons (Fsp3) is 0.583. The van der Waals surface area contributed by atoms with Crippen LogP contribution in [0.5, 0.6) is 0 Å². The lowest BCUT2D eigenvalue weighted by Crippen LogP contribution is -2.09. The first-order valence-electron chi connectivity index (χ1n) is 5.66. The van der Waals surface area contributed by atoms with Gasteiger partial charge in [0.25, 0.3) is 0 Å². The number of hydrogen-bond donors (Lipinski definition) is 2. The van der Waals surface area contributed by atoms with Crippen LogP contribution in [0.2, 0.25) is 0 Å². The molecule has 2 aliphatic rings. The van der Waals surface area contributed by atoms with Crippen molar-refractivity contribution < 1.29 is 0 Å². The predicted molar refractivity (Wildman–Crippen MR) is 58.1 cm³/mol. The van der Waals surface area contributed by atoms with Gasteiger partial charge in [-0.2, -0.15) is 5.26 Å². The van der Waals surface area contributed by atoms with Gasteiger partial charge in [0.05, 0.1) is 5.56 Å². The number of nitrogens with two attached hydrogens (primary N) is 1. The Hall–Kier alpha value is -1.43. The number of rotatable bonds is 1. The van der Waals surface area contributed by atoms with Crippen molar-refractivity contribution in [3.63, 3.8) is 0 Å². The summed E-state index contributed by atoms with van der Waals surface area (Å²) in [6.45, 7) is 0. The van der Waals surface area contributed by atoms with Crippen molar-refractivity contribution >= 4 is 5.82 Å². The van der Waals surface area contributed by atoms with Crippen LogP contribution in [0, 0.1) is 23.2 Å². The second-order valence-corrected chi connectivity index (χ2v) is 4.93. The fourth-order valence-electron chi connectivity index (χ4n) is 3.50. The zero-order chi connectivity index (χ0) is 10.4. The van der Waals surface area contributed by atoms with E-state index in [0.717, 1.165) is 11.8 Å². The molecule has 3 N–H and O–H groups in total. The van der Waals surface area contributed by atoms with E-state index in [2.05, 4.69) is 11.1 Å². The molecule has 3 rings (SSSR count). The minimum absolute atomic E-state index is 0.537. The summed E-state index contributed by atoms with van der Waals surface area (Å²) in [5.41, 5.74) is 7.60. The molecule has 2 aliphatic carbocycles. The maximum Gasteiger partial charge on any atom is 0.119 e. The number of aromatic amines is 1. The van der Waals surface area contributed by atoms with Crippen molar-refractivity contribution in [2.24, 2.45) is 11.8 Å². The number of fused-ring (bicyclic) bond motifs is 2. The van der Waals surface area contributed by atoms with Gasteiger partial charge in [0.1, 0.15) is 11.9 Å². The number of H-pyrrole nitrogens is 1. The normalized spacial score (nSPS) is 33.1. The Morgan fingerprint density at radius 3 is 2.87 bits per heavy atom. The molecule has 2 saturated carbocycles. The molecule has 0 aliphatic heterocycles. The number of aromatic nitrogens is 1. The lowest BCUT2D eigenvalue weighted by molar-refractivity contribution is 0.420. The third-order valence-electron chi connectivity index (χ3n) is 4.19. The number of nitrogens with zero attached hydrogens (tertiary/aromatic N) is 1. The Kier molecular flexibility index (Phi) is 1.79. The van der Waals surface area contributed by atoms with Crippen LogP contribution >= 0.6 is 0 Å². The van der Waals surface area contributed by atoms with Crippen LogP contribution in [-0.4, -0.2) is 4.98 Å². The summed E-state index contributed by atoms with van der Waals surface area (Å²) in [5, 5.41) is 9.07. The molecule has 2 bridgehead atoms. The van der Waals surface area contributed by atoms with E-state index in [1.54, 1.807) is 0 Å². The highest BCUT2D eigenvalue weighted by Crippen LogP contribution is 2.53. The van der Waals surface area contributed by atoms with Crippen LogP contribution < -0.4 is 5.73 Å². The van der Waals surface area contributed by atoms with Gasteiger partial charge in [-0.05, 0) is 42.6 Å². The average Bonchev–Trinajstić information content (AvgIpc) is 2.90. The molecule has 0 radical (unpaired) electrons. The predicted octanol–water partition coefficient (Wildman–Crippen LogP) is 2.37. The molecule has 2 fully saturated rings. The highest BCUT2D eigenvalue weighted by molar-refractivity contribution is 5.55. The lowest BCUT2D eigenvalue weighted by Gasteiger charge is -2.20. The van der Waals surface area contributed by atoms with Crippen molar-refractivity contribution in [1.29, 1.82) is 5.26 Å². The number of anilines is 1. The third-order valence-corrected chi connectivity index (χ3v) is 4.19. The van der Waals surface area contributed by atoms with Crippen LogP contribution in [0.25, 0.3) is 0 Å². The van der Waals surface area contributed by atoms with Gasteiger partial charge in [-0.25, -0.2) is 0 Å². The first-order chi connectivity index (χ1) is 7.29. The molecule has 1 aromatic rings. The Morgan fingerprint density at radius 2 is 2.27 bits per heavy atom. The van der Waals surface area contributed by atoms with E-state index in [1.165, 1.54) is 31.2 Å². The number of hydrogen-bond acceptors (Lipinski definition) is 2. The topological polar surface area (TPSA) is 65.6 Å². The average molecular weight is 201 g/mol. The Bertz CT molecular complexity index is 427. The summed E-state index contributed by atoms with van der Waals surface area (Å²) in [4.78, 5) is 2.98. The monoisotopic (exact) mass is 201 g/mol. The van der Waals surface area contributed by atoms with Gasteiger partial charge in [0.15, 0.2) is 0 Å². The molecular weight excluding hydrogens is 186 g/mol. The number of nitrogens with one attached hydrogen (secondary N) is 1. The van der Waals surface area contributed by atoms with Crippen LogP contribution in [0.1, 0.15) is 42.7 Å². The van der Waals surface area contributed by atoms with E-state index in [-0.39, 0.29) is 0 Å². The highest BCUT2D eigenvalue weighted by atomic mass is 14.8. The van der Waals surface area contributed by atoms with E-state index in [4.69, 9.17) is 11.0 Å². The summed E-state index contributed by atoms with van der Waals surface area (Å²) >= 11 is 0. The Labute approximate surface area is 89.3 Å². The highest BCUT2D eigenvalue weighted by Gasteiger charge is 2.41. The molecule has 3 heteroatoms. The van der Waals surface area contributed by atoms with Gasteiger partial charge in [-0.1, -0.05) is 6.42 Å². The van der Waals surface area contributed by atoms with Gasteiger partial charge in [0, 0.05) is 6.20 Å². The van der Waals surface area contributed by atoms with Gasteiger partial charge in [-0.3, -0.25) is 0 Å². The van der Waals surface area contributed by atoms with E-state index < -0.39 is 0 Å². The summed E-state index contributed by atoms with van der Waals surface area (Å²) in [6.07, 6.45) is 7.30. The molecule has 15 heavy (non-hydrogen) atoms. The van der Waals surface area contributed by atoms with Gasteiger partial charge in [0.2, 0.25) is 0 Å². The maximum absolute atomic E-state index is 9.07. The van der Waals surface area contributed by atoms with Crippen molar-refractivity contribution in [2.45, 2.75) is 31.6 Å². The molecular formula is C12H15N3. The minimum Gasteiger partial charge on any atom is -0.384 e. The largest absolute Gasteiger partial charge is 0.384 e. The van der Waals surface area contributed by atoms with Gasteiger partial charge >= 0.3 is 0 Å². The molecule has 0 amide bonds. The van der Waals surface area contributed by atoms with E-state index in [1.807, 2.05) is 6.20 Å². The minimum atomic E-state index is 0.537. The molecule has 78 valence electrons. The summed E-state index contributed by atoms with van der Waals surface area (Å²) in [7, 11) is 0. The SMILES string of the molecule is N#Cc1c(C2CC3CCC2C3)c[nH]c1N. The second-order valence-electron chi connectivity index (χ2n) is 4.93. The standard InChI is InChI=1S/C12H15N3/c13-5-10-11(6-15-12(10)14)9-4-7-1-2-8(9)3-7/h6-9,15H,1-4,14H2. The summed E-state index contributed by atoms with van der Waals surface area (Å²) < 4.78 is 0. The first-order valence-corrected chi connectivity index (χ1v) is 5.66. The third kappa shape index (κ3) is 1.18. The zero-order valence-corrected chi connectivity index (χ0v) is 8.66. The van der Waals surface area contributed by atoms with Gasteiger partial charge in [-0.15, -0.1) is 0 Å². The van der Waals surface area contributed by atoms with Crippen molar-refractivity contribution in [3.8, 4) is 6.07 Å². The van der Waals surface area contributed by atoms with Gasteiger partial charge < -0.3 is 10.7 Å². The van der Waals surface area contributed by atoms with Crippen molar-refractivity contribution in [1.82, 2.24) is 4.98 Å². The molecule has 3 unspecified atom stereocenters. The van der Waals surface area contributed by atoms with E-state index in [0.29, 0.717) is 17.3 Å². The molecule has 0 aromatic carbocycles. The summed E-state index contributed by atoms with van der Waals surface area (Å²) in [5.74, 6) is 2.84. The van der Waals surface area contributed by atoms with Crippen molar-refractivity contribution in [2.75, 3.05) is 5.73 Å². The van der Waals surface area contributed by atoms with Crippen LogP contribution in [-0.2, 0) is 0 Å². The lowest BCUT2D eigenvalue weighted by atomic mass is 9.83. The van der Waals surface area contributed by atoms with Crippen LogP contribution in [0.15, 0.2) is 6.20 Å². The zero-order valence-electron chi connectivity index (χ0n) is 8.66. The first kappa shape index (κ1) is 8.84. The number of nitrogen functional groups attached to an aromatic ring is 1. The molecule has 3 nitrogen and oxygen atoms in total. The van der Waals surface area contributed by atoms with E-state index >= 15 is 0 Å². The molecule has 1 aromatic heterocycles. The fourth-order valence-corrected chi connectivity index (χ4v) is 3.50. The Balaban J connectivity index is 1.97. The van der Waals surface area contributed by atoms with Crippen molar-refractivity contribution in [3.05, 3.63) is 17.3 Å². The molecule has 0 saturated heterocycles. The number of nitriles is 1. The quantitative estimate of drug-likeness (QED) is 0.732. The van der Waals surface area contributed by atoms with Crippen LogP contribution in [0.4, 0.5) is 5.82 Å².